The van der Waals surface area contributed by atoms with Crippen LogP contribution in [-0.4, -0.2) is 68.4 Å². The summed E-state index contributed by atoms with van der Waals surface area (Å²) < 4.78 is 11.2. The molecule has 0 aliphatic carbocycles. The standard InChI is InChI=1S/C23H37N3O3/c1-3-5-6-7-10-19-28-22-12-9-8-11-21(22)24-23(27)29-20-18-26-16-14-25(13-4-2)15-17-26/h4,8-9,11-12H,2-3,5-7,10,13-20H2,1H3,(H,24,27). The Balaban J connectivity index is 1.65. The van der Waals surface area contributed by atoms with E-state index in [1.807, 2.05) is 30.3 Å². The second-order valence-electron chi connectivity index (χ2n) is 7.45. The summed E-state index contributed by atoms with van der Waals surface area (Å²) in [7, 11) is 0. The SMILES string of the molecule is C=CCN1CCN(CCOC(=O)Nc2ccccc2OCCCCCCC)CC1. The van der Waals surface area contributed by atoms with Crippen LogP contribution in [-0.2, 0) is 4.74 Å². The van der Waals surface area contributed by atoms with E-state index in [0.29, 0.717) is 24.7 Å². The quantitative estimate of drug-likeness (QED) is 0.391. The molecule has 1 fully saturated rings. The Labute approximate surface area is 175 Å². The van der Waals surface area contributed by atoms with Crippen LogP contribution < -0.4 is 10.1 Å². The zero-order valence-electron chi connectivity index (χ0n) is 17.9. The van der Waals surface area contributed by atoms with Crippen molar-refractivity contribution in [3.05, 3.63) is 36.9 Å². The highest BCUT2D eigenvalue weighted by Crippen LogP contribution is 2.24. The van der Waals surface area contributed by atoms with Crippen molar-refractivity contribution in [2.45, 2.75) is 39.0 Å². The molecule has 0 saturated carbocycles. The van der Waals surface area contributed by atoms with Crippen molar-refractivity contribution < 1.29 is 14.3 Å². The van der Waals surface area contributed by atoms with Gasteiger partial charge in [0.05, 0.1) is 12.3 Å². The lowest BCUT2D eigenvalue weighted by Crippen LogP contribution is -2.47. The van der Waals surface area contributed by atoms with Gasteiger partial charge in [-0.05, 0) is 18.6 Å². The van der Waals surface area contributed by atoms with Crippen LogP contribution in [0.1, 0.15) is 39.0 Å². The summed E-state index contributed by atoms with van der Waals surface area (Å²) in [5, 5.41) is 2.81. The molecule has 0 unspecified atom stereocenters. The van der Waals surface area contributed by atoms with Crippen molar-refractivity contribution >= 4 is 11.8 Å². The maximum absolute atomic E-state index is 12.2. The van der Waals surface area contributed by atoms with Gasteiger partial charge in [-0.2, -0.15) is 0 Å². The zero-order chi connectivity index (χ0) is 20.7. The number of ether oxygens (including phenoxy) is 2. The molecule has 0 aromatic heterocycles. The topological polar surface area (TPSA) is 54.0 Å². The minimum atomic E-state index is -0.436. The molecular formula is C23H37N3O3. The van der Waals surface area contributed by atoms with E-state index in [-0.39, 0.29) is 0 Å². The Bertz CT molecular complexity index is 601. The number of nitrogens with zero attached hydrogens (tertiary/aromatic N) is 2. The van der Waals surface area contributed by atoms with Crippen LogP contribution in [0.3, 0.4) is 0 Å². The van der Waals surface area contributed by atoms with Crippen LogP contribution >= 0.6 is 0 Å². The number of amides is 1. The first-order valence-corrected chi connectivity index (χ1v) is 10.9. The summed E-state index contributed by atoms with van der Waals surface area (Å²) in [6.45, 7) is 12.8. The number of carbonyl (C=O) groups is 1. The Hall–Kier alpha value is -2.05. The van der Waals surface area contributed by atoms with E-state index < -0.39 is 6.09 Å². The minimum absolute atomic E-state index is 0.383. The fourth-order valence-corrected chi connectivity index (χ4v) is 3.38. The molecule has 6 nitrogen and oxygen atoms in total. The summed E-state index contributed by atoms with van der Waals surface area (Å²) in [5.41, 5.74) is 0.657. The molecule has 0 spiro atoms. The van der Waals surface area contributed by atoms with Crippen LogP contribution in [0.5, 0.6) is 5.75 Å². The highest BCUT2D eigenvalue weighted by Gasteiger charge is 2.16. The molecule has 1 amide bonds. The van der Waals surface area contributed by atoms with Crippen LogP contribution in [0.15, 0.2) is 36.9 Å². The molecule has 162 valence electrons. The molecule has 0 radical (unpaired) electrons. The van der Waals surface area contributed by atoms with Crippen LogP contribution in [0.4, 0.5) is 10.5 Å². The van der Waals surface area contributed by atoms with E-state index in [0.717, 1.165) is 45.7 Å². The average molecular weight is 404 g/mol. The summed E-state index contributed by atoms with van der Waals surface area (Å²) in [4.78, 5) is 16.9. The van der Waals surface area contributed by atoms with Crippen LogP contribution in [0.2, 0.25) is 0 Å². The van der Waals surface area contributed by atoms with E-state index in [1.165, 1.54) is 25.7 Å². The third-order valence-corrected chi connectivity index (χ3v) is 5.12. The Morgan fingerprint density at radius 2 is 1.79 bits per heavy atom. The second kappa shape index (κ2) is 14.0. The lowest BCUT2D eigenvalue weighted by molar-refractivity contribution is 0.105. The fraction of sp³-hybridized carbons (Fsp3) is 0.609. The van der Waals surface area contributed by atoms with Crippen molar-refractivity contribution in [2.75, 3.05) is 57.8 Å². The Morgan fingerprint density at radius 1 is 1.07 bits per heavy atom. The number of benzene rings is 1. The zero-order valence-corrected chi connectivity index (χ0v) is 17.9. The number of nitrogens with one attached hydrogen (secondary N) is 1. The number of anilines is 1. The molecule has 1 N–H and O–H groups in total. The molecular weight excluding hydrogens is 366 g/mol. The van der Waals surface area contributed by atoms with Gasteiger partial charge in [0.15, 0.2) is 0 Å². The lowest BCUT2D eigenvalue weighted by Gasteiger charge is -2.33. The number of unbranched alkanes of at least 4 members (excludes halogenated alkanes) is 4. The molecule has 0 bridgehead atoms. The third kappa shape index (κ3) is 9.33. The van der Waals surface area contributed by atoms with Gasteiger partial charge in [0.1, 0.15) is 12.4 Å². The predicted octanol–water partition coefficient (Wildman–Crippen LogP) is 4.39. The van der Waals surface area contributed by atoms with Crippen LogP contribution in [0, 0.1) is 0 Å². The van der Waals surface area contributed by atoms with Gasteiger partial charge < -0.3 is 9.47 Å². The van der Waals surface area contributed by atoms with Crippen molar-refractivity contribution in [2.24, 2.45) is 0 Å². The van der Waals surface area contributed by atoms with Crippen molar-refractivity contribution in [1.82, 2.24) is 9.80 Å². The molecule has 6 heteroatoms. The number of hydrogen-bond acceptors (Lipinski definition) is 5. The fourth-order valence-electron chi connectivity index (χ4n) is 3.38. The Morgan fingerprint density at radius 3 is 2.55 bits per heavy atom. The van der Waals surface area contributed by atoms with E-state index in [2.05, 4.69) is 28.6 Å². The van der Waals surface area contributed by atoms with Crippen molar-refractivity contribution in [3.8, 4) is 5.75 Å². The molecule has 1 aliphatic heterocycles. The van der Waals surface area contributed by atoms with Crippen LogP contribution in [0.25, 0.3) is 0 Å². The summed E-state index contributed by atoms with van der Waals surface area (Å²) in [5.74, 6) is 0.693. The van der Waals surface area contributed by atoms with Gasteiger partial charge in [0.2, 0.25) is 0 Å². The molecule has 1 heterocycles. The summed E-state index contributed by atoms with van der Waals surface area (Å²) >= 11 is 0. The molecule has 1 aromatic rings. The predicted molar refractivity (Wildman–Crippen MR) is 119 cm³/mol. The average Bonchev–Trinajstić information content (AvgIpc) is 2.73. The van der Waals surface area contributed by atoms with Gasteiger partial charge in [-0.3, -0.25) is 15.1 Å². The number of hydrogen-bond donors (Lipinski definition) is 1. The van der Waals surface area contributed by atoms with Gasteiger partial charge in [-0.1, -0.05) is 50.8 Å². The number of rotatable bonds is 13. The van der Waals surface area contributed by atoms with E-state index in [4.69, 9.17) is 9.47 Å². The summed E-state index contributed by atoms with van der Waals surface area (Å²) in [6, 6.07) is 7.51. The molecule has 1 aliphatic rings. The number of piperazine rings is 1. The molecule has 1 aromatic carbocycles. The first-order valence-electron chi connectivity index (χ1n) is 10.9. The van der Waals surface area contributed by atoms with E-state index >= 15 is 0 Å². The van der Waals surface area contributed by atoms with Gasteiger partial charge >= 0.3 is 6.09 Å². The van der Waals surface area contributed by atoms with E-state index in [1.54, 1.807) is 0 Å². The maximum atomic E-state index is 12.2. The Kier molecular flexibility index (Phi) is 11.2. The first-order chi connectivity index (χ1) is 14.2. The summed E-state index contributed by atoms with van der Waals surface area (Å²) in [6.07, 6.45) is 7.46. The molecule has 2 rings (SSSR count). The van der Waals surface area contributed by atoms with Gasteiger partial charge in [0, 0.05) is 39.3 Å². The van der Waals surface area contributed by atoms with Gasteiger partial charge in [-0.15, -0.1) is 6.58 Å². The maximum Gasteiger partial charge on any atom is 0.411 e. The monoisotopic (exact) mass is 403 g/mol. The van der Waals surface area contributed by atoms with Gasteiger partial charge in [-0.25, -0.2) is 4.79 Å². The normalized spacial score (nSPS) is 15.1. The molecule has 0 atom stereocenters. The minimum Gasteiger partial charge on any atom is -0.491 e. The molecule has 29 heavy (non-hydrogen) atoms. The smallest absolute Gasteiger partial charge is 0.411 e. The second-order valence-corrected chi connectivity index (χ2v) is 7.45. The largest absolute Gasteiger partial charge is 0.491 e. The number of para-hydroxylation sites is 2. The highest BCUT2D eigenvalue weighted by molar-refractivity contribution is 5.86. The van der Waals surface area contributed by atoms with E-state index in [9.17, 15) is 4.79 Å². The van der Waals surface area contributed by atoms with Gasteiger partial charge in [0.25, 0.3) is 0 Å². The number of carbonyl (C=O) groups excluding carboxylic acids is 1. The first kappa shape index (κ1) is 23.2. The van der Waals surface area contributed by atoms with Crippen molar-refractivity contribution in [1.29, 1.82) is 0 Å². The highest BCUT2D eigenvalue weighted by atomic mass is 16.5. The lowest BCUT2D eigenvalue weighted by atomic mass is 10.2. The molecule has 1 saturated heterocycles. The van der Waals surface area contributed by atoms with Crippen molar-refractivity contribution in [3.63, 3.8) is 0 Å². The third-order valence-electron chi connectivity index (χ3n) is 5.12.